The lowest BCUT2D eigenvalue weighted by atomic mass is 10.1. The van der Waals surface area contributed by atoms with Crippen molar-refractivity contribution >= 4 is 17.2 Å². The summed E-state index contributed by atoms with van der Waals surface area (Å²) in [6.45, 7) is -0.0420. The zero-order valence-electron chi connectivity index (χ0n) is 11.3. The predicted molar refractivity (Wildman–Crippen MR) is 81.8 cm³/mol. The van der Waals surface area contributed by atoms with Gasteiger partial charge in [-0.3, -0.25) is 4.79 Å². The Morgan fingerprint density at radius 2 is 2.00 bits per heavy atom. The minimum atomic E-state index is -0.215. The average molecular weight is 289 g/mol. The standard InChI is InChI=1S/C16H19NO2S/c18-12-14(11-13-5-2-1-3-6-13)17-16(19)9-8-15-7-4-10-20-15/h1-7,10,14,18H,8-9,11-12H2,(H,17,19). The third kappa shape index (κ3) is 4.79. The molecule has 1 aromatic carbocycles. The molecule has 0 saturated carbocycles. The molecule has 0 saturated heterocycles. The van der Waals surface area contributed by atoms with Crippen LogP contribution in [0, 0.1) is 0 Å². The summed E-state index contributed by atoms with van der Waals surface area (Å²) in [5.74, 6) is -0.00613. The van der Waals surface area contributed by atoms with E-state index < -0.39 is 0 Å². The Balaban J connectivity index is 1.79. The number of carbonyl (C=O) groups is 1. The monoisotopic (exact) mass is 289 g/mol. The zero-order valence-corrected chi connectivity index (χ0v) is 12.1. The highest BCUT2D eigenvalue weighted by atomic mass is 32.1. The van der Waals surface area contributed by atoms with Gasteiger partial charge < -0.3 is 10.4 Å². The average Bonchev–Trinajstić information content (AvgIpc) is 2.99. The molecular weight excluding hydrogens is 270 g/mol. The van der Waals surface area contributed by atoms with Crippen molar-refractivity contribution in [1.82, 2.24) is 5.32 Å². The van der Waals surface area contributed by atoms with Gasteiger partial charge in [0.05, 0.1) is 12.6 Å². The Morgan fingerprint density at radius 3 is 2.65 bits per heavy atom. The highest BCUT2D eigenvalue weighted by Gasteiger charge is 2.12. The number of benzene rings is 1. The minimum absolute atomic E-state index is 0.00613. The fourth-order valence-corrected chi connectivity index (χ4v) is 2.76. The number of rotatable bonds is 7. The molecular formula is C16H19NO2S. The summed E-state index contributed by atoms with van der Waals surface area (Å²) in [5, 5.41) is 14.3. The van der Waals surface area contributed by atoms with E-state index in [1.54, 1.807) is 11.3 Å². The first-order valence-corrected chi connectivity index (χ1v) is 7.62. The van der Waals surface area contributed by atoms with Gasteiger partial charge in [0, 0.05) is 11.3 Å². The van der Waals surface area contributed by atoms with Crippen molar-refractivity contribution in [2.75, 3.05) is 6.61 Å². The Bertz CT molecular complexity index is 511. The van der Waals surface area contributed by atoms with Crippen LogP contribution < -0.4 is 5.32 Å². The van der Waals surface area contributed by atoms with E-state index in [0.717, 1.165) is 12.0 Å². The zero-order chi connectivity index (χ0) is 14.2. The molecule has 0 spiro atoms. The molecule has 2 N–H and O–H groups in total. The number of aliphatic hydroxyl groups excluding tert-OH is 1. The molecule has 2 rings (SSSR count). The van der Waals surface area contributed by atoms with Gasteiger partial charge in [0.25, 0.3) is 0 Å². The normalized spacial score (nSPS) is 12.1. The molecule has 2 aromatic rings. The molecule has 0 fully saturated rings. The number of aliphatic hydroxyl groups is 1. The van der Waals surface area contributed by atoms with Crippen LogP contribution in [0.2, 0.25) is 0 Å². The second-order valence-corrected chi connectivity index (χ2v) is 5.75. The summed E-state index contributed by atoms with van der Waals surface area (Å²) < 4.78 is 0. The molecule has 0 radical (unpaired) electrons. The van der Waals surface area contributed by atoms with Crippen molar-refractivity contribution in [2.45, 2.75) is 25.3 Å². The Kier molecular flexibility index (Phi) is 5.77. The molecule has 1 unspecified atom stereocenters. The summed E-state index contributed by atoms with van der Waals surface area (Å²) in [6.07, 6.45) is 1.88. The van der Waals surface area contributed by atoms with E-state index in [0.29, 0.717) is 12.8 Å². The van der Waals surface area contributed by atoms with Gasteiger partial charge in [0.15, 0.2) is 0 Å². The van der Waals surface area contributed by atoms with Crippen LogP contribution in [0.4, 0.5) is 0 Å². The Labute approximate surface area is 123 Å². The number of hydrogen-bond donors (Lipinski definition) is 2. The number of nitrogens with one attached hydrogen (secondary N) is 1. The highest BCUT2D eigenvalue weighted by Crippen LogP contribution is 2.11. The van der Waals surface area contributed by atoms with Gasteiger partial charge in [0.1, 0.15) is 0 Å². The van der Waals surface area contributed by atoms with Gasteiger partial charge in [0.2, 0.25) is 5.91 Å². The molecule has 3 nitrogen and oxygen atoms in total. The molecule has 1 atom stereocenters. The molecule has 0 aliphatic rings. The lowest BCUT2D eigenvalue weighted by Gasteiger charge is -2.16. The van der Waals surface area contributed by atoms with E-state index in [2.05, 4.69) is 5.32 Å². The van der Waals surface area contributed by atoms with Gasteiger partial charge in [-0.25, -0.2) is 0 Å². The second kappa shape index (κ2) is 7.82. The van der Waals surface area contributed by atoms with Crippen LogP contribution in [-0.2, 0) is 17.6 Å². The van der Waals surface area contributed by atoms with E-state index in [4.69, 9.17) is 0 Å². The lowest BCUT2D eigenvalue weighted by molar-refractivity contribution is -0.122. The van der Waals surface area contributed by atoms with Gasteiger partial charge in [-0.1, -0.05) is 36.4 Å². The van der Waals surface area contributed by atoms with Crippen molar-refractivity contribution in [3.05, 3.63) is 58.3 Å². The molecule has 106 valence electrons. The molecule has 0 aliphatic heterocycles. The summed E-state index contributed by atoms with van der Waals surface area (Å²) in [7, 11) is 0. The van der Waals surface area contributed by atoms with Crippen LogP contribution in [0.15, 0.2) is 47.8 Å². The van der Waals surface area contributed by atoms with Gasteiger partial charge in [-0.15, -0.1) is 11.3 Å². The van der Waals surface area contributed by atoms with E-state index in [1.165, 1.54) is 4.88 Å². The first-order valence-electron chi connectivity index (χ1n) is 6.74. The highest BCUT2D eigenvalue weighted by molar-refractivity contribution is 7.09. The smallest absolute Gasteiger partial charge is 0.220 e. The number of aryl methyl sites for hydroxylation is 1. The number of thiophene rings is 1. The fourth-order valence-electron chi connectivity index (χ4n) is 2.05. The molecule has 1 amide bonds. The number of carbonyl (C=O) groups excluding carboxylic acids is 1. The Morgan fingerprint density at radius 1 is 1.20 bits per heavy atom. The first kappa shape index (κ1) is 14.8. The van der Waals surface area contributed by atoms with Gasteiger partial charge >= 0.3 is 0 Å². The SMILES string of the molecule is O=C(CCc1cccs1)NC(CO)Cc1ccccc1. The van der Waals surface area contributed by atoms with Gasteiger partial charge in [-0.05, 0) is 29.9 Å². The van der Waals surface area contributed by atoms with Crippen molar-refractivity contribution in [3.63, 3.8) is 0 Å². The third-order valence-electron chi connectivity index (χ3n) is 3.09. The summed E-state index contributed by atoms with van der Waals surface area (Å²) >= 11 is 1.66. The van der Waals surface area contributed by atoms with Crippen LogP contribution in [0.1, 0.15) is 16.9 Å². The molecule has 0 aliphatic carbocycles. The summed E-state index contributed by atoms with van der Waals surface area (Å²) in [5.41, 5.74) is 1.12. The van der Waals surface area contributed by atoms with Crippen LogP contribution >= 0.6 is 11.3 Å². The van der Waals surface area contributed by atoms with Crippen molar-refractivity contribution < 1.29 is 9.90 Å². The minimum Gasteiger partial charge on any atom is -0.394 e. The maximum absolute atomic E-state index is 11.9. The van der Waals surface area contributed by atoms with Crippen molar-refractivity contribution in [3.8, 4) is 0 Å². The quantitative estimate of drug-likeness (QED) is 0.822. The molecule has 1 aromatic heterocycles. The molecule has 20 heavy (non-hydrogen) atoms. The maximum Gasteiger partial charge on any atom is 0.220 e. The van der Waals surface area contributed by atoms with Crippen LogP contribution in [0.25, 0.3) is 0 Å². The summed E-state index contributed by atoms with van der Waals surface area (Å²) in [4.78, 5) is 13.1. The summed E-state index contributed by atoms with van der Waals surface area (Å²) in [6, 6.07) is 13.7. The van der Waals surface area contributed by atoms with Gasteiger partial charge in [-0.2, -0.15) is 0 Å². The maximum atomic E-state index is 11.9. The van der Waals surface area contributed by atoms with Crippen LogP contribution in [0.3, 0.4) is 0 Å². The lowest BCUT2D eigenvalue weighted by Crippen LogP contribution is -2.39. The number of amides is 1. The molecule has 1 heterocycles. The molecule has 4 heteroatoms. The first-order chi connectivity index (χ1) is 9.78. The van der Waals surface area contributed by atoms with E-state index in [1.807, 2.05) is 47.8 Å². The van der Waals surface area contributed by atoms with E-state index >= 15 is 0 Å². The fraction of sp³-hybridized carbons (Fsp3) is 0.312. The molecule has 0 bridgehead atoms. The topological polar surface area (TPSA) is 49.3 Å². The van der Waals surface area contributed by atoms with E-state index in [-0.39, 0.29) is 18.6 Å². The number of hydrogen-bond acceptors (Lipinski definition) is 3. The Hall–Kier alpha value is -1.65. The third-order valence-corrected chi connectivity index (χ3v) is 4.03. The second-order valence-electron chi connectivity index (χ2n) is 4.72. The predicted octanol–water partition coefficient (Wildman–Crippen LogP) is 2.40. The van der Waals surface area contributed by atoms with Crippen molar-refractivity contribution in [2.24, 2.45) is 0 Å². The van der Waals surface area contributed by atoms with Crippen molar-refractivity contribution in [1.29, 1.82) is 0 Å². The largest absolute Gasteiger partial charge is 0.394 e. The van der Waals surface area contributed by atoms with Crippen LogP contribution in [0.5, 0.6) is 0 Å². The van der Waals surface area contributed by atoms with Crippen LogP contribution in [-0.4, -0.2) is 23.7 Å². The van der Waals surface area contributed by atoms with E-state index in [9.17, 15) is 9.90 Å².